The van der Waals surface area contributed by atoms with Crippen molar-refractivity contribution in [1.29, 1.82) is 0 Å². The van der Waals surface area contributed by atoms with Crippen LogP contribution in [0.4, 0.5) is 5.82 Å². The molecule has 0 aliphatic rings. The van der Waals surface area contributed by atoms with Gasteiger partial charge in [0.25, 0.3) is 0 Å². The first-order valence-corrected chi connectivity index (χ1v) is 7.15. The summed E-state index contributed by atoms with van der Waals surface area (Å²) in [6, 6.07) is 14.8. The Bertz CT molecular complexity index is 482. The molecule has 1 aromatic heterocycles. The summed E-state index contributed by atoms with van der Waals surface area (Å²) in [6.45, 7) is 7.27. The van der Waals surface area contributed by atoms with Crippen molar-refractivity contribution >= 4 is 5.82 Å². The second kappa shape index (κ2) is 7.60. The van der Waals surface area contributed by atoms with Gasteiger partial charge in [0, 0.05) is 12.7 Å². The van der Waals surface area contributed by atoms with Gasteiger partial charge in [-0.2, -0.15) is 5.10 Å². The highest BCUT2D eigenvalue weighted by Gasteiger charge is 2.17. The quantitative estimate of drug-likeness (QED) is 0.840. The number of nitrogens with zero attached hydrogens (tertiary/aromatic N) is 3. The summed E-state index contributed by atoms with van der Waals surface area (Å²) in [7, 11) is 0. The van der Waals surface area contributed by atoms with Crippen LogP contribution < -0.4 is 5.32 Å². The molecule has 4 heteroatoms. The Morgan fingerprint density at radius 3 is 2.40 bits per heavy atom. The van der Waals surface area contributed by atoms with Gasteiger partial charge in [0.15, 0.2) is 0 Å². The number of likely N-dealkylation sites (N-methyl/N-ethyl adjacent to an activating group) is 1. The van der Waals surface area contributed by atoms with Crippen LogP contribution in [-0.4, -0.2) is 34.7 Å². The molecule has 2 rings (SSSR count). The zero-order valence-electron chi connectivity index (χ0n) is 12.2. The van der Waals surface area contributed by atoms with Crippen molar-refractivity contribution in [1.82, 2.24) is 15.1 Å². The summed E-state index contributed by atoms with van der Waals surface area (Å²) in [4.78, 5) is 2.44. The third-order valence-electron chi connectivity index (χ3n) is 3.49. The minimum Gasteiger partial charge on any atom is -0.367 e. The molecule has 2 aromatic rings. The minimum atomic E-state index is 0.341. The van der Waals surface area contributed by atoms with Crippen LogP contribution in [0.3, 0.4) is 0 Å². The van der Waals surface area contributed by atoms with E-state index in [0.717, 1.165) is 25.5 Å². The molecule has 0 radical (unpaired) electrons. The van der Waals surface area contributed by atoms with E-state index in [1.54, 1.807) is 6.20 Å². The van der Waals surface area contributed by atoms with Gasteiger partial charge in [-0.15, -0.1) is 5.10 Å². The Kier molecular flexibility index (Phi) is 5.50. The van der Waals surface area contributed by atoms with Crippen molar-refractivity contribution in [3.05, 3.63) is 54.2 Å². The van der Waals surface area contributed by atoms with E-state index in [-0.39, 0.29) is 0 Å². The molecule has 1 N–H and O–H groups in total. The zero-order valence-corrected chi connectivity index (χ0v) is 12.2. The SMILES string of the molecule is CCN(CC)C(CNc1cccnn1)c1ccccc1. The lowest BCUT2D eigenvalue weighted by molar-refractivity contribution is 0.228. The van der Waals surface area contributed by atoms with Gasteiger partial charge in [0.1, 0.15) is 5.82 Å². The standard InChI is InChI=1S/C16H22N4/c1-3-20(4-2)15(14-9-6-5-7-10-14)13-17-16-11-8-12-18-19-16/h5-12,15H,3-4,13H2,1-2H3,(H,17,19). The van der Waals surface area contributed by atoms with E-state index < -0.39 is 0 Å². The Balaban J connectivity index is 2.11. The summed E-state index contributed by atoms with van der Waals surface area (Å²) in [6.07, 6.45) is 1.68. The number of hydrogen-bond donors (Lipinski definition) is 1. The van der Waals surface area contributed by atoms with Crippen LogP contribution in [0.2, 0.25) is 0 Å². The van der Waals surface area contributed by atoms with Gasteiger partial charge in [-0.3, -0.25) is 4.90 Å². The summed E-state index contributed by atoms with van der Waals surface area (Å²) >= 11 is 0. The Morgan fingerprint density at radius 1 is 1.05 bits per heavy atom. The number of rotatable bonds is 7. The molecule has 1 aromatic carbocycles. The lowest BCUT2D eigenvalue weighted by Gasteiger charge is -2.30. The van der Waals surface area contributed by atoms with E-state index in [0.29, 0.717) is 6.04 Å². The van der Waals surface area contributed by atoms with E-state index in [2.05, 4.69) is 64.6 Å². The number of anilines is 1. The van der Waals surface area contributed by atoms with Crippen LogP contribution >= 0.6 is 0 Å². The molecule has 1 atom stereocenters. The lowest BCUT2D eigenvalue weighted by Crippen LogP contribution is -2.33. The van der Waals surface area contributed by atoms with Gasteiger partial charge in [-0.05, 0) is 30.8 Å². The summed E-state index contributed by atoms with van der Waals surface area (Å²) in [5, 5.41) is 11.3. The minimum absolute atomic E-state index is 0.341. The molecule has 1 heterocycles. The first-order chi connectivity index (χ1) is 9.85. The molecule has 4 nitrogen and oxygen atoms in total. The third kappa shape index (κ3) is 3.78. The maximum Gasteiger partial charge on any atom is 0.148 e. The predicted octanol–water partition coefficient (Wildman–Crippen LogP) is 2.97. The van der Waals surface area contributed by atoms with E-state index in [4.69, 9.17) is 0 Å². The van der Waals surface area contributed by atoms with Crippen LogP contribution in [0.5, 0.6) is 0 Å². The number of hydrogen-bond acceptors (Lipinski definition) is 4. The highest BCUT2D eigenvalue weighted by molar-refractivity contribution is 5.33. The van der Waals surface area contributed by atoms with Crippen LogP contribution in [0.15, 0.2) is 48.7 Å². The molecule has 0 spiro atoms. The van der Waals surface area contributed by atoms with Crippen molar-refractivity contribution in [3.8, 4) is 0 Å². The third-order valence-corrected chi connectivity index (χ3v) is 3.49. The molecule has 0 bridgehead atoms. The average molecular weight is 270 g/mol. The predicted molar refractivity (Wildman–Crippen MR) is 82.6 cm³/mol. The van der Waals surface area contributed by atoms with E-state index in [1.165, 1.54) is 5.56 Å². The maximum absolute atomic E-state index is 4.08. The monoisotopic (exact) mass is 270 g/mol. The number of nitrogens with one attached hydrogen (secondary N) is 1. The van der Waals surface area contributed by atoms with Gasteiger partial charge in [-0.25, -0.2) is 0 Å². The van der Waals surface area contributed by atoms with Gasteiger partial charge in [-0.1, -0.05) is 44.2 Å². The zero-order chi connectivity index (χ0) is 14.2. The highest BCUT2D eigenvalue weighted by atomic mass is 15.2. The molecular formula is C16H22N4. The second-order valence-corrected chi connectivity index (χ2v) is 4.64. The molecule has 1 unspecified atom stereocenters. The molecule has 0 amide bonds. The summed E-state index contributed by atoms with van der Waals surface area (Å²) in [5.41, 5.74) is 1.33. The van der Waals surface area contributed by atoms with E-state index in [9.17, 15) is 0 Å². The fourth-order valence-electron chi connectivity index (χ4n) is 2.39. The fourth-order valence-corrected chi connectivity index (χ4v) is 2.39. The number of benzene rings is 1. The maximum atomic E-state index is 4.08. The molecule has 0 aliphatic carbocycles. The van der Waals surface area contributed by atoms with Gasteiger partial charge >= 0.3 is 0 Å². The molecular weight excluding hydrogens is 248 g/mol. The molecule has 0 fully saturated rings. The highest BCUT2D eigenvalue weighted by Crippen LogP contribution is 2.20. The van der Waals surface area contributed by atoms with Gasteiger partial charge < -0.3 is 5.32 Å². The van der Waals surface area contributed by atoms with Gasteiger partial charge in [0.2, 0.25) is 0 Å². The fraction of sp³-hybridized carbons (Fsp3) is 0.375. The smallest absolute Gasteiger partial charge is 0.148 e. The Hall–Kier alpha value is -1.94. The van der Waals surface area contributed by atoms with Crippen LogP contribution in [0.25, 0.3) is 0 Å². The Labute approximate surface area is 120 Å². The molecule has 20 heavy (non-hydrogen) atoms. The van der Waals surface area contributed by atoms with E-state index >= 15 is 0 Å². The molecule has 0 aliphatic heterocycles. The average Bonchev–Trinajstić information content (AvgIpc) is 2.53. The first kappa shape index (κ1) is 14.5. The van der Waals surface area contributed by atoms with Crippen LogP contribution in [0, 0.1) is 0 Å². The normalized spacial score (nSPS) is 12.3. The topological polar surface area (TPSA) is 41.0 Å². The van der Waals surface area contributed by atoms with Crippen molar-refractivity contribution < 1.29 is 0 Å². The van der Waals surface area contributed by atoms with Crippen molar-refractivity contribution in [3.63, 3.8) is 0 Å². The number of aromatic nitrogens is 2. The largest absolute Gasteiger partial charge is 0.367 e. The lowest BCUT2D eigenvalue weighted by atomic mass is 10.1. The first-order valence-electron chi connectivity index (χ1n) is 7.15. The second-order valence-electron chi connectivity index (χ2n) is 4.64. The van der Waals surface area contributed by atoms with Crippen molar-refractivity contribution in [2.75, 3.05) is 25.0 Å². The summed E-state index contributed by atoms with van der Waals surface area (Å²) in [5.74, 6) is 0.820. The van der Waals surface area contributed by atoms with Crippen molar-refractivity contribution in [2.24, 2.45) is 0 Å². The molecule has 106 valence electrons. The Morgan fingerprint density at radius 2 is 1.80 bits per heavy atom. The molecule has 0 saturated carbocycles. The van der Waals surface area contributed by atoms with Crippen LogP contribution in [-0.2, 0) is 0 Å². The summed E-state index contributed by atoms with van der Waals surface area (Å²) < 4.78 is 0. The van der Waals surface area contributed by atoms with E-state index in [1.807, 2.05) is 12.1 Å². The van der Waals surface area contributed by atoms with Crippen molar-refractivity contribution in [2.45, 2.75) is 19.9 Å². The van der Waals surface area contributed by atoms with Crippen LogP contribution in [0.1, 0.15) is 25.5 Å². The molecule has 0 saturated heterocycles. The van der Waals surface area contributed by atoms with Gasteiger partial charge in [0.05, 0.1) is 6.04 Å².